The fourth-order valence-corrected chi connectivity index (χ4v) is 1.03. The van der Waals surface area contributed by atoms with Crippen LogP contribution in [0.3, 0.4) is 0 Å². The van der Waals surface area contributed by atoms with Gasteiger partial charge in [0.25, 0.3) is 0 Å². The van der Waals surface area contributed by atoms with E-state index in [1.54, 1.807) is 24.3 Å². The maximum atomic E-state index is 11.1. The number of para-hydroxylation sites is 1. The zero-order valence-electron chi connectivity index (χ0n) is 7.03. The third-order valence-electron chi connectivity index (χ3n) is 1.62. The molecule has 4 heteroatoms. The van der Waals surface area contributed by atoms with Gasteiger partial charge in [-0.05, 0) is 23.7 Å². The number of benzene rings is 1. The normalized spacial score (nSPS) is 9.38. The fraction of sp³-hybridized carbons (Fsp3) is 0.111. The van der Waals surface area contributed by atoms with Crippen LogP contribution in [0.2, 0.25) is 0 Å². The van der Waals surface area contributed by atoms with Crippen molar-refractivity contribution in [2.75, 3.05) is 11.9 Å². The molecule has 0 bridgehead atoms. The number of nitrogens with zero attached hydrogens (tertiary/aromatic N) is 1. The molecule has 0 saturated heterocycles. The van der Waals surface area contributed by atoms with Crippen molar-refractivity contribution in [1.82, 2.24) is 0 Å². The Hall–Kier alpha value is -1.35. The Balaban J connectivity index is 2.86. The summed E-state index contributed by atoms with van der Waals surface area (Å²) in [5.41, 5.74) is 0.640. The maximum Gasteiger partial charge on any atom is 0.310 e. The highest BCUT2D eigenvalue weighted by Crippen LogP contribution is 2.11. The summed E-state index contributed by atoms with van der Waals surface area (Å²) < 4.78 is 0. The second-order valence-corrected chi connectivity index (χ2v) is 2.82. The molecule has 0 aromatic heterocycles. The van der Waals surface area contributed by atoms with Crippen molar-refractivity contribution in [3.63, 3.8) is 0 Å². The first kappa shape index (κ1) is 9.74. The number of anilines is 1. The van der Waals surface area contributed by atoms with Gasteiger partial charge in [-0.3, -0.25) is 9.59 Å². The molecule has 3 nitrogen and oxygen atoms in total. The molecule has 13 heavy (non-hydrogen) atoms. The average molecular weight is 198 g/mol. The van der Waals surface area contributed by atoms with Gasteiger partial charge in [0, 0.05) is 12.7 Å². The lowest BCUT2D eigenvalue weighted by atomic mass is 10.3. The van der Waals surface area contributed by atoms with Crippen LogP contribution in [0, 0.1) is 0 Å². The van der Waals surface area contributed by atoms with E-state index in [9.17, 15) is 9.59 Å². The Morgan fingerprint density at radius 3 is 2.23 bits per heavy atom. The van der Waals surface area contributed by atoms with Gasteiger partial charge >= 0.3 is 11.1 Å². The number of carbonyl (C=O) groups excluding carboxylic acids is 2. The van der Waals surface area contributed by atoms with E-state index in [-0.39, 0.29) is 0 Å². The van der Waals surface area contributed by atoms with Crippen LogP contribution in [-0.2, 0) is 9.59 Å². The zero-order chi connectivity index (χ0) is 9.84. The molecule has 0 N–H and O–H groups in total. The minimum atomic E-state index is -0.980. The topological polar surface area (TPSA) is 37.4 Å². The summed E-state index contributed by atoms with van der Waals surface area (Å²) >= 11 is 5.04. The highest BCUT2D eigenvalue weighted by atomic mass is 35.5. The lowest BCUT2D eigenvalue weighted by Gasteiger charge is -2.13. The van der Waals surface area contributed by atoms with Gasteiger partial charge in [0.15, 0.2) is 0 Å². The Morgan fingerprint density at radius 1 is 1.23 bits per heavy atom. The Labute approximate surface area is 80.9 Å². The van der Waals surface area contributed by atoms with Crippen LogP contribution in [0.4, 0.5) is 5.69 Å². The van der Waals surface area contributed by atoms with E-state index in [0.717, 1.165) is 0 Å². The second-order valence-electron chi connectivity index (χ2n) is 2.47. The van der Waals surface area contributed by atoms with Crippen LogP contribution in [0.25, 0.3) is 0 Å². The molecule has 1 aromatic carbocycles. The highest BCUT2D eigenvalue weighted by Gasteiger charge is 2.16. The molecule has 0 fully saturated rings. The van der Waals surface area contributed by atoms with Gasteiger partial charge in [-0.15, -0.1) is 0 Å². The van der Waals surface area contributed by atoms with Crippen molar-refractivity contribution >= 4 is 28.4 Å². The van der Waals surface area contributed by atoms with Crippen LogP contribution in [0.5, 0.6) is 0 Å². The van der Waals surface area contributed by atoms with Crippen molar-refractivity contribution in [3.05, 3.63) is 30.3 Å². The molecule has 0 atom stereocenters. The Morgan fingerprint density at radius 2 is 1.77 bits per heavy atom. The molecule has 0 aliphatic rings. The summed E-state index contributed by atoms with van der Waals surface area (Å²) in [5.74, 6) is -0.729. The number of hydrogen-bond acceptors (Lipinski definition) is 2. The second kappa shape index (κ2) is 4.05. The first-order valence-electron chi connectivity index (χ1n) is 3.65. The van der Waals surface area contributed by atoms with Crippen LogP contribution < -0.4 is 4.90 Å². The summed E-state index contributed by atoms with van der Waals surface area (Å²) in [4.78, 5) is 22.8. The number of carbonyl (C=O) groups is 2. The fourth-order valence-electron chi connectivity index (χ4n) is 0.901. The minimum absolute atomic E-state index is 0.640. The first-order valence-corrected chi connectivity index (χ1v) is 4.03. The third-order valence-corrected chi connectivity index (χ3v) is 1.78. The van der Waals surface area contributed by atoms with E-state index < -0.39 is 11.1 Å². The molecular weight excluding hydrogens is 190 g/mol. The van der Waals surface area contributed by atoms with E-state index in [1.807, 2.05) is 6.07 Å². The SMILES string of the molecule is CN(C(=O)C(=O)Cl)c1ccccc1. The summed E-state index contributed by atoms with van der Waals surface area (Å²) in [7, 11) is 1.50. The molecule has 0 unspecified atom stereocenters. The largest absolute Gasteiger partial charge is 0.310 e. The molecule has 1 amide bonds. The molecular formula is C9H8ClNO2. The monoisotopic (exact) mass is 197 g/mol. The summed E-state index contributed by atoms with van der Waals surface area (Å²) in [6.07, 6.45) is 0. The summed E-state index contributed by atoms with van der Waals surface area (Å²) in [6, 6.07) is 8.81. The van der Waals surface area contributed by atoms with Gasteiger partial charge in [-0.2, -0.15) is 0 Å². The molecule has 1 aromatic rings. The van der Waals surface area contributed by atoms with Crippen LogP contribution >= 0.6 is 11.6 Å². The number of halogens is 1. The van der Waals surface area contributed by atoms with Gasteiger partial charge in [-0.1, -0.05) is 18.2 Å². The standard InChI is InChI=1S/C9H8ClNO2/c1-11(9(13)8(10)12)7-5-3-2-4-6-7/h2-6H,1H3. The van der Waals surface area contributed by atoms with Crippen LogP contribution in [-0.4, -0.2) is 18.2 Å². The van der Waals surface area contributed by atoms with Gasteiger partial charge in [0.2, 0.25) is 0 Å². The van der Waals surface area contributed by atoms with E-state index in [4.69, 9.17) is 11.6 Å². The molecule has 0 spiro atoms. The minimum Gasteiger partial charge on any atom is -0.308 e. The van der Waals surface area contributed by atoms with E-state index in [1.165, 1.54) is 11.9 Å². The van der Waals surface area contributed by atoms with Gasteiger partial charge < -0.3 is 4.90 Å². The molecule has 0 aliphatic carbocycles. The molecule has 68 valence electrons. The number of hydrogen-bond donors (Lipinski definition) is 0. The van der Waals surface area contributed by atoms with E-state index >= 15 is 0 Å². The third kappa shape index (κ3) is 2.29. The molecule has 0 heterocycles. The zero-order valence-corrected chi connectivity index (χ0v) is 7.78. The van der Waals surface area contributed by atoms with Crippen LogP contribution in [0.1, 0.15) is 0 Å². The first-order chi connectivity index (χ1) is 6.13. The van der Waals surface area contributed by atoms with Crippen molar-refractivity contribution < 1.29 is 9.59 Å². The van der Waals surface area contributed by atoms with Gasteiger partial charge in [0.1, 0.15) is 0 Å². The van der Waals surface area contributed by atoms with Crippen LogP contribution in [0.15, 0.2) is 30.3 Å². The molecule has 0 radical (unpaired) electrons. The summed E-state index contributed by atoms with van der Waals surface area (Å²) in [5, 5.41) is -0.980. The number of amides is 1. The molecule has 0 aliphatic heterocycles. The predicted octanol–water partition coefficient (Wildman–Crippen LogP) is 1.41. The predicted molar refractivity (Wildman–Crippen MR) is 50.7 cm³/mol. The van der Waals surface area contributed by atoms with Gasteiger partial charge in [-0.25, -0.2) is 0 Å². The Kier molecular flexibility index (Phi) is 3.03. The van der Waals surface area contributed by atoms with Crippen molar-refractivity contribution in [2.45, 2.75) is 0 Å². The quantitative estimate of drug-likeness (QED) is 0.531. The Bertz CT molecular complexity index is 324. The lowest BCUT2D eigenvalue weighted by molar-refractivity contribution is -0.131. The van der Waals surface area contributed by atoms with Crippen molar-refractivity contribution in [1.29, 1.82) is 0 Å². The highest BCUT2D eigenvalue weighted by molar-refractivity contribution is 6.82. The maximum absolute atomic E-state index is 11.1. The van der Waals surface area contributed by atoms with E-state index in [2.05, 4.69) is 0 Å². The van der Waals surface area contributed by atoms with Crippen molar-refractivity contribution in [3.8, 4) is 0 Å². The van der Waals surface area contributed by atoms with Gasteiger partial charge in [0.05, 0.1) is 0 Å². The average Bonchev–Trinajstić information content (AvgIpc) is 2.17. The number of rotatable bonds is 2. The van der Waals surface area contributed by atoms with Crippen molar-refractivity contribution in [2.24, 2.45) is 0 Å². The summed E-state index contributed by atoms with van der Waals surface area (Å²) in [6.45, 7) is 0. The number of likely N-dealkylation sites (N-methyl/N-ethyl adjacent to an activating group) is 1. The molecule has 1 rings (SSSR count). The molecule has 0 saturated carbocycles. The van der Waals surface area contributed by atoms with E-state index in [0.29, 0.717) is 5.69 Å². The smallest absolute Gasteiger partial charge is 0.308 e. The lowest BCUT2D eigenvalue weighted by Crippen LogP contribution is -2.30.